The van der Waals surface area contributed by atoms with Crippen molar-refractivity contribution in [3.8, 4) is 5.75 Å². The van der Waals surface area contributed by atoms with E-state index in [1.54, 1.807) is 42.5 Å². The Bertz CT molecular complexity index is 1130. The number of nitrogens with one attached hydrogen (secondary N) is 1. The van der Waals surface area contributed by atoms with Gasteiger partial charge in [0.2, 0.25) is 5.91 Å². The predicted octanol–water partition coefficient (Wildman–Crippen LogP) is 3.97. The fraction of sp³-hybridized carbons (Fsp3) is 0.227. The molecule has 0 saturated heterocycles. The van der Waals surface area contributed by atoms with Crippen molar-refractivity contribution in [2.75, 3.05) is 0 Å². The first-order valence-electron chi connectivity index (χ1n) is 9.35. The van der Waals surface area contributed by atoms with Crippen LogP contribution in [0.2, 0.25) is 0 Å². The standard InChI is InChI=1S/C22H21F2N3O3/c1-14(2)27(13-19-25-17-9-5-4-8-16(17)21(29)26-19)20(28)12-11-15-7-3-6-10-18(15)30-22(23)24/h3-12,14,22H,13H2,1-2H3,(H,25,26,29)/b12-11+. The van der Waals surface area contributed by atoms with E-state index < -0.39 is 6.61 Å². The zero-order chi connectivity index (χ0) is 21.7. The molecule has 3 aromatic rings. The summed E-state index contributed by atoms with van der Waals surface area (Å²) in [5.74, 6) is -0.0172. The second-order valence-electron chi connectivity index (χ2n) is 6.84. The number of halogens is 2. The number of fused-ring (bicyclic) bond motifs is 1. The van der Waals surface area contributed by atoms with E-state index in [0.717, 1.165) is 0 Å². The number of aromatic nitrogens is 2. The first-order chi connectivity index (χ1) is 14.3. The molecular weight excluding hydrogens is 392 g/mol. The zero-order valence-corrected chi connectivity index (χ0v) is 16.5. The van der Waals surface area contributed by atoms with Gasteiger partial charge in [-0.25, -0.2) is 4.98 Å². The smallest absolute Gasteiger partial charge is 0.387 e. The van der Waals surface area contributed by atoms with Gasteiger partial charge in [0.1, 0.15) is 11.6 Å². The number of hydrogen-bond donors (Lipinski definition) is 1. The molecule has 0 radical (unpaired) electrons. The number of aromatic amines is 1. The van der Waals surface area contributed by atoms with Gasteiger partial charge in [-0.05, 0) is 38.1 Å². The molecule has 0 saturated carbocycles. The van der Waals surface area contributed by atoms with Crippen LogP contribution in [0.4, 0.5) is 8.78 Å². The number of carbonyl (C=O) groups is 1. The van der Waals surface area contributed by atoms with E-state index >= 15 is 0 Å². The van der Waals surface area contributed by atoms with Crippen LogP contribution in [0.3, 0.4) is 0 Å². The monoisotopic (exact) mass is 413 g/mol. The molecule has 2 aromatic carbocycles. The van der Waals surface area contributed by atoms with Gasteiger partial charge >= 0.3 is 6.61 Å². The molecule has 156 valence electrons. The van der Waals surface area contributed by atoms with Gasteiger partial charge in [-0.15, -0.1) is 0 Å². The van der Waals surface area contributed by atoms with E-state index in [1.807, 2.05) is 13.8 Å². The SMILES string of the molecule is CC(C)N(Cc1nc2ccccc2c(=O)[nH]1)C(=O)/C=C/c1ccccc1OC(F)F. The van der Waals surface area contributed by atoms with E-state index in [9.17, 15) is 18.4 Å². The van der Waals surface area contributed by atoms with Crippen LogP contribution in [-0.4, -0.2) is 33.4 Å². The van der Waals surface area contributed by atoms with Crippen molar-refractivity contribution in [3.05, 3.63) is 76.3 Å². The minimum atomic E-state index is -2.96. The van der Waals surface area contributed by atoms with Gasteiger partial charge in [0, 0.05) is 17.7 Å². The first kappa shape index (κ1) is 21.2. The number of rotatable bonds is 7. The minimum Gasteiger partial charge on any atom is -0.434 e. The summed E-state index contributed by atoms with van der Waals surface area (Å²) in [7, 11) is 0. The van der Waals surface area contributed by atoms with E-state index in [4.69, 9.17) is 0 Å². The van der Waals surface area contributed by atoms with Gasteiger partial charge < -0.3 is 14.6 Å². The average molecular weight is 413 g/mol. The molecule has 1 amide bonds. The van der Waals surface area contributed by atoms with Gasteiger partial charge in [0.15, 0.2) is 0 Å². The van der Waals surface area contributed by atoms with E-state index in [-0.39, 0.29) is 29.8 Å². The molecule has 0 bridgehead atoms. The highest BCUT2D eigenvalue weighted by Gasteiger charge is 2.17. The number of ether oxygens (including phenoxy) is 1. The summed E-state index contributed by atoms with van der Waals surface area (Å²) < 4.78 is 29.6. The quantitative estimate of drug-likeness (QED) is 0.595. The number of para-hydroxylation sites is 2. The van der Waals surface area contributed by atoms with Gasteiger partial charge in [-0.1, -0.05) is 30.3 Å². The molecule has 0 atom stereocenters. The maximum Gasteiger partial charge on any atom is 0.387 e. The number of amides is 1. The van der Waals surface area contributed by atoms with Gasteiger partial charge in [-0.3, -0.25) is 9.59 Å². The van der Waals surface area contributed by atoms with Crippen LogP contribution in [0.25, 0.3) is 17.0 Å². The van der Waals surface area contributed by atoms with Crippen LogP contribution in [-0.2, 0) is 11.3 Å². The lowest BCUT2D eigenvalue weighted by atomic mass is 10.2. The van der Waals surface area contributed by atoms with Crippen molar-refractivity contribution in [2.24, 2.45) is 0 Å². The Kier molecular flexibility index (Phi) is 6.56. The van der Waals surface area contributed by atoms with Crippen molar-refractivity contribution in [1.29, 1.82) is 0 Å². The fourth-order valence-electron chi connectivity index (χ4n) is 2.96. The summed E-state index contributed by atoms with van der Waals surface area (Å²) in [6.45, 7) is 0.798. The number of carbonyl (C=O) groups excluding carboxylic acids is 1. The Balaban J connectivity index is 1.83. The zero-order valence-electron chi connectivity index (χ0n) is 16.5. The average Bonchev–Trinajstić information content (AvgIpc) is 2.70. The first-order valence-corrected chi connectivity index (χ1v) is 9.35. The number of H-pyrrole nitrogens is 1. The number of nitrogens with zero attached hydrogens (tertiary/aromatic N) is 2. The van der Waals surface area contributed by atoms with Gasteiger partial charge in [0.05, 0.1) is 17.4 Å². The largest absolute Gasteiger partial charge is 0.434 e. The molecule has 1 N–H and O–H groups in total. The van der Waals surface area contributed by atoms with Crippen LogP contribution >= 0.6 is 0 Å². The second kappa shape index (κ2) is 9.30. The summed E-state index contributed by atoms with van der Waals surface area (Å²) in [6.07, 6.45) is 2.71. The molecular formula is C22H21F2N3O3. The molecule has 30 heavy (non-hydrogen) atoms. The van der Waals surface area contributed by atoms with Crippen molar-refractivity contribution in [3.63, 3.8) is 0 Å². The maximum absolute atomic E-state index is 12.8. The molecule has 0 aliphatic heterocycles. The van der Waals surface area contributed by atoms with Crippen molar-refractivity contribution in [2.45, 2.75) is 33.0 Å². The normalized spacial score (nSPS) is 11.5. The summed E-state index contributed by atoms with van der Waals surface area (Å²) in [5.41, 5.74) is 0.619. The Morgan fingerprint density at radius 2 is 1.87 bits per heavy atom. The minimum absolute atomic E-state index is 0.0202. The Morgan fingerprint density at radius 1 is 1.17 bits per heavy atom. The summed E-state index contributed by atoms with van der Waals surface area (Å²) in [5, 5.41) is 0.471. The Labute approximate surface area is 171 Å². The third kappa shape index (κ3) is 5.08. The van der Waals surface area contributed by atoms with E-state index in [2.05, 4.69) is 14.7 Å². The number of benzene rings is 2. The summed E-state index contributed by atoms with van der Waals surface area (Å²) in [4.78, 5) is 33.7. The van der Waals surface area contributed by atoms with Crippen molar-refractivity contribution < 1.29 is 18.3 Å². The number of hydrogen-bond acceptors (Lipinski definition) is 4. The lowest BCUT2D eigenvalue weighted by Gasteiger charge is -2.25. The highest BCUT2D eigenvalue weighted by atomic mass is 19.3. The molecule has 0 aliphatic carbocycles. The molecule has 0 spiro atoms. The maximum atomic E-state index is 12.8. The molecule has 0 aliphatic rings. The molecule has 0 unspecified atom stereocenters. The number of alkyl halides is 2. The lowest BCUT2D eigenvalue weighted by molar-refractivity contribution is -0.128. The second-order valence-corrected chi connectivity index (χ2v) is 6.84. The van der Waals surface area contributed by atoms with Crippen LogP contribution < -0.4 is 10.3 Å². The van der Waals surface area contributed by atoms with Crippen molar-refractivity contribution in [1.82, 2.24) is 14.9 Å². The molecule has 1 heterocycles. The van der Waals surface area contributed by atoms with Crippen LogP contribution in [0, 0.1) is 0 Å². The molecule has 8 heteroatoms. The molecule has 0 fully saturated rings. The highest BCUT2D eigenvalue weighted by Crippen LogP contribution is 2.22. The van der Waals surface area contributed by atoms with Gasteiger partial charge in [-0.2, -0.15) is 8.78 Å². The predicted molar refractivity (Wildman–Crippen MR) is 110 cm³/mol. The van der Waals surface area contributed by atoms with Crippen LogP contribution in [0.1, 0.15) is 25.2 Å². The Hall–Kier alpha value is -3.55. The fourth-order valence-corrected chi connectivity index (χ4v) is 2.96. The Morgan fingerprint density at radius 3 is 2.60 bits per heavy atom. The topological polar surface area (TPSA) is 75.3 Å². The molecule has 6 nitrogen and oxygen atoms in total. The highest BCUT2D eigenvalue weighted by molar-refractivity contribution is 5.92. The van der Waals surface area contributed by atoms with Crippen LogP contribution in [0.15, 0.2) is 59.4 Å². The van der Waals surface area contributed by atoms with Crippen molar-refractivity contribution >= 4 is 22.9 Å². The summed E-state index contributed by atoms with van der Waals surface area (Å²) in [6, 6.07) is 13.0. The third-order valence-corrected chi connectivity index (χ3v) is 4.43. The summed E-state index contributed by atoms with van der Waals surface area (Å²) >= 11 is 0. The van der Waals surface area contributed by atoms with Crippen LogP contribution in [0.5, 0.6) is 5.75 Å². The van der Waals surface area contributed by atoms with Gasteiger partial charge in [0.25, 0.3) is 5.56 Å². The van der Waals surface area contributed by atoms with E-state index in [1.165, 1.54) is 23.1 Å². The third-order valence-electron chi connectivity index (χ3n) is 4.43. The molecule has 3 rings (SSSR count). The van der Waals surface area contributed by atoms with E-state index in [0.29, 0.717) is 22.3 Å². The lowest BCUT2D eigenvalue weighted by Crippen LogP contribution is -2.36. The molecule has 1 aromatic heterocycles.